The van der Waals surface area contributed by atoms with Gasteiger partial charge in [0.2, 0.25) is 5.91 Å². The normalized spacial score (nSPS) is 18.3. The van der Waals surface area contributed by atoms with E-state index in [1.807, 2.05) is 25.2 Å². The Morgan fingerprint density at radius 1 is 1.19 bits per heavy atom. The number of amides is 1. The first-order valence-electron chi connectivity index (χ1n) is 9.42. The van der Waals surface area contributed by atoms with Gasteiger partial charge in [-0.25, -0.2) is 0 Å². The number of esters is 1. The highest BCUT2D eigenvalue weighted by atomic mass is 16.5. The van der Waals surface area contributed by atoms with Gasteiger partial charge >= 0.3 is 5.97 Å². The zero-order valence-electron chi connectivity index (χ0n) is 17.5. The van der Waals surface area contributed by atoms with Gasteiger partial charge in [0, 0.05) is 6.08 Å². The maximum absolute atomic E-state index is 11.7. The minimum atomic E-state index is -0.471. The van der Waals surface area contributed by atoms with Crippen molar-refractivity contribution < 1.29 is 14.3 Å². The molecular weight excluding hydrogens is 338 g/mol. The number of hydrogen-bond acceptors (Lipinski definition) is 3. The third-order valence-electron chi connectivity index (χ3n) is 4.77. The van der Waals surface area contributed by atoms with Gasteiger partial charge in [0.15, 0.2) is 0 Å². The number of allylic oxidation sites excluding steroid dienone is 9. The molecule has 0 saturated carbocycles. The molecule has 0 radical (unpaired) electrons. The summed E-state index contributed by atoms with van der Waals surface area (Å²) >= 11 is 0. The first-order chi connectivity index (χ1) is 12.7. The van der Waals surface area contributed by atoms with Gasteiger partial charge in [-0.15, -0.1) is 0 Å². The fraction of sp³-hybridized carbons (Fsp3) is 0.478. The van der Waals surface area contributed by atoms with Crippen molar-refractivity contribution in [1.29, 1.82) is 0 Å². The quantitative estimate of drug-likeness (QED) is 0.397. The van der Waals surface area contributed by atoms with Crippen molar-refractivity contribution >= 4 is 11.9 Å². The highest BCUT2D eigenvalue weighted by Gasteiger charge is 2.26. The van der Waals surface area contributed by atoms with E-state index < -0.39 is 5.97 Å². The number of methoxy groups -OCH3 is 1. The van der Waals surface area contributed by atoms with Crippen LogP contribution in [0.4, 0.5) is 0 Å². The van der Waals surface area contributed by atoms with E-state index in [0.717, 1.165) is 11.1 Å². The summed E-state index contributed by atoms with van der Waals surface area (Å²) < 4.78 is 4.48. The molecular formula is C23H33NO3. The lowest BCUT2D eigenvalue weighted by atomic mass is 9.72. The zero-order chi connectivity index (χ0) is 20.4. The summed E-state index contributed by atoms with van der Waals surface area (Å²) in [6.45, 7) is 10.6. The monoisotopic (exact) mass is 371 g/mol. The molecule has 4 nitrogen and oxygen atoms in total. The van der Waals surface area contributed by atoms with Crippen molar-refractivity contribution in [3.8, 4) is 0 Å². The molecule has 1 N–H and O–H groups in total. The lowest BCUT2D eigenvalue weighted by Crippen LogP contribution is -2.28. The molecule has 0 spiro atoms. The third kappa shape index (κ3) is 8.25. The van der Waals surface area contributed by atoms with Crippen molar-refractivity contribution in [3.05, 3.63) is 58.7 Å². The van der Waals surface area contributed by atoms with Crippen LogP contribution in [0.1, 0.15) is 53.9 Å². The lowest BCUT2D eigenvalue weighted by molar-refractivity contribution is -0.140. The Labute approximate surface area is 163 Å². The minimum absolute atomic E-state index is 0.127. The molecule has 0 heterocycles. The molecule has 0 unspecified atom stereocenters. The van der Waals surface area contributed by atoms with Gasteiger partial charge in [-0.1, -0.05) is 55.4 Å². The average molecular weight is 372 g/mol. The first kappa shape index (κ1) is 22.7. The Bertz CT molecular complexity index is 703. The molecule has 148 valence electrons. The fourth-order valence-corrected chi connectivity index (χ4v) is 3.17. The van der Waals surface area contributed by atoms with E-state index in [9.17, 15) is 9.59 Å². The van der Waals surface area contributed by atoms with E-state index in [1.54, 1.807) is 0 Å². The van der Waals surface area contributed by atoms with Gasteiger partial charge < -0.3 is 10.1 Å². The summed E-state index contributed by atoms with van der Waals surface area (Å²) in [5.41, 5.74) is 5.13. The SMILES string of the molecule is COC(=O)CNC(=O)/C=C(C)/C=C/C=C(C)/C=C/C1=C(C)CCCC1(C)C. The molecule has 1 rings (SSSR count). The van der Waals surface area contributed by atoms with E-state index >= 15 is 0 Å². The zero-order valence-corrected chi connectivity index (χ0v) is 17.5. The van der Waals surface area contributed by atoms with Gasteiger partial charge in [0.05, 0.1) is 7.11 Å². The summed E-state index contributed by atoms with van der Waals surface area (Å²) in [6, 6.07) is 0. The summed E-state index contributed by atoms with van der Waals surface area (Å²) in [5, 5.41) is 2.48. The van der Waals surface area contributed by atoms with Gasteiger partial charge in [0.25, 0.3) is 0 Å². The third-order valence-corrected chi connectivity index (χ3v) is 4.77. The Morgan fingerprint density at radius 3 is 2.52 bits per heavy atom. The second-order valence-corrected chi connectivity index (χ2v) is 7.72. The second kappa shape index (κ2) is 10.7. The van der Waals surface area contributed by atoms with E-state index in [2.05, 4.69) is 49.9 Å². The second-order valence-electron chi connectivity index (χ2n) is 7.72. The van der Waals surface area contributed by atoms with Crippen LogP contribution in [-0.2, 0) is 14.3 Å². The van der Waals surface area contributed by atoms with Crippen LogP contribution in [0, 0.1) is 5.41 Å². The number of ether oxygens (including phenoxy) is 1. The van der Waals surface area contributed by atoms with E-state index in [0.29, 0.717) is 0 Å². The van der Waals surface area contributed by atoms with Crippen molar-refractivity contribution in [1.82, 2.24) is 5.32 Å². The standard InChI is InChI=1S/C23H33NO3/c1-17(12-13-20-19(3)11-8-14-23(20,4)5)9-7-10-18(2)15-21(25)24-16-22(26)27-6/h7,9-10,12-13,15H,8,11,14,16H2,1-6H3,(H,24,25)/b10-7+,13-12+,17-9+,18-15+. The predicted octanol–water partition coefficient (Wildman–Crippen LogP) is 4.81. The van der Waals surface area contributed by atoms with Gasteiger partial charge in [-0.3, -0.25) is 9.59 Å². The largest absolute Gasteiger partial charge is 0.468 e. The van der Waals surface area contributed by atoms with Crippen molar-refractivity contribution in [2.45, 2.75) is 53.9 Å². The van der Waals surface area contributed by atoms with Crippen molar-refractivity contribution in [2.75, 3.05) is 13.7 Å². The molecule has 0 atom stereocenters. The van der Waals surface area contributed by atoms with E-state index in [4.69, 9.17) is 0 Å². The topological polar surface area (TPSA) is 55.4 Å². The van der Waals surface area contributed by atoms with Crippen LogP contribution in [0.2, 0.25) is 0 Å². The molecule has 27 heavy (non-hydrogen) atoms. The van der Waals surface area contributed by atoms with Gasteiger partial charge in [-0.2, -0.15) is 0 Å². The Morgan fingerprint density at radius 2 is 1.89 bits per heavy atom. The number of carbonyl (C=O) groups excluding carboxylic acids is 2. The highest BCUT2D eigenvalue weighted by molar-refractivity contribution is 5.91. The van der Waals surface area contributed by atoms with Gasteiger partial charge in [0.1, 0.15) is 6.54 Å². The Balaban J connectivity index is 2.66. The van der Waals surface area contributed by atoms with Crippen LogP contribution in [0.15, 0.2) is 58.7 Å². The predicted molar refractivity (Wildman–Crippen MR) is 111 cm³/mol. The smallest absolute Gasteiger partial charge is 0.325 e. The fourth-order valence-electron chi connectivity index (χ4n) is 3.17. The first-order valence-corrected chi connectivity index (χ1v) is 9.42. The minimum Gasteiger partial charge on any atom is -0.468 e. The van der Waals surface area contributed by atoms with Crippen LogP contribution in [-0.4, -0.2) is 25.5 Å². The molecule has 1 aliphatic rings. The van der Waals surface area contributed by atoms with Crippen LogP contribution < -0.4 is 5.32 Å². The molecule has 0 saturated heterocycles. The summed E-state index contributed by atoms with van der Waals surface area (Å²) in [7, 11) is 1.29. The van der Waals surface area contributed by atoms with Crippen LogP contribution >= 0.6 is 0 Å². The summed E-state index contributed by atoms with van der Waals surface area (Å²) in [4.78, 5) is 22.7. The molecule has 0 fully saturated rings. The number of hydrogen-bond donors (Lipinski definition) is 1. The lowest BCUT2D eigenvalue weighted by Gasteiger charge is -2.32. The molecule has 0 aromatic heterocycles. The number of carbonyl (C=O) groups is 2. The molecule has 0 aromatic rings. The maximum Gasteiger partial charge on any atom is 0.325 e. The average Bonchev–Trinajstić information content (AvgIpc) is 2.58. The highest BCUT2D eigenvalue weighted by Crippen LogP contribution is 2.40. The molecule has 1 amide bonds. The van der Waals surface area contributed by atoms with Crippen LogP contribution in [0.5, 0.6) is 0 Å². The number of nitrogens with one attached hydrogen (secondary N) is 1. The van der Waals surface area contributed by atoms with Crippen molar-refractivity contribution in [3.63, 3.8) is 0 Å². The number of rotatable bonds is 7. The molecule has 0 aromatic carbocycles. The maximum atomic E-state index is 11.7. The Hall–Kier alpha value is -2.36. The molecule has 0 aliphatic heterocycles. The summed E-state index contributed by atoms with van der Waals surface area (Å²) in [6.07, 6.45) is 15.4. The van der Waals surface area contributed by atoms with Crippen LogP contribution in [0.25, 0.3) is 0 Å². The van der Waals surface area contributed by atoms with E-state index in [1.165, 1.54) is 43.6 Å². The molecule has 4 heteroatoms. The Kier molecular flexibility index (Phi) is 8.99. The summed E-state index contributed by atoms with van der Waals surface area (Å²) in [5.74, 6) is -0.785. The van der Waals surface area contributed by atoms with Gasteiger partial charge in [-0.05, 0) is 56.6 Å². The van der Waals surface area contributed by atoms with Crippen LogP contribution in [0.3, 0.4) is 0 Å². The van der Waals surface area contributed by atoms with E-state index in [-0.39, 0.29) is 17.9 Å². The molecule has 1 aliphatic carbocycles. The van der Waals surface area contributed by atoms with Crippen molar-refractivity contribution in [2.24, 2.45) is 5.41 Å². The molecule has 0 bridgehead atoms.